The maximum Gasteiger partial charge on any atom is 0.326 e. The highest BCUT2D eigenvalue weighted by Crippen LogP contribution is 2.27. The van der Waals surface area contributed by atoms with Crippen LogP contribution in [0.3, 0.4) is 0 Å². The fourth-order valence-corrected chi connectivity index (χ4v) is 3.77. The maximum atomic E-state index is 13.1. The van der Waals surface area contributed by atoms with Crippen molar-refractivity contribution >= 4 is 21.7 Å². The summed E-state index contributed by atoms with van der Waals surface area (Å²) in [6, 6.07) is 12.4. The molecule has 0 amide bonds. The fourth-order valence-electron chi connectivity index (χ4n) is 2.36. The third-order valence-electron chi connectivity index (χ3n) is 3.72. The summed E-state index contributed by atoms with van der Waals surface area (Å²) in [5.41, 5.74) is 0.310. The highest BCUT2D eigenvalue weighted by atomic mass is 32.2. The number of benzene rings is 2. The second-order valence-corrected chi connectivity index (χ2v) is 7.45. The van der Waals surface area contributed by atoms with Crippen LogP contribution in [0.1, 0.15) is 6.92 Å². The van der Waals surface area contributed by atoms with Gasteiger partial charge in [-0.2, -0.15) is 0 Å². The van der Waals surface area contributed by atoms with Crippen LogP contribution in [0.4, 0.5) is 5.69 Å². The second-order valence-electron chi connectivity index (χ2n) is 5.59. The Morgan fingerprint density at radius 3 is 2.14 bits per heavy atom. The van der Waals surface area contributed by atoms with Crippen LogP contribution in [0.2, 0.25) is 0 Å². The van der Waals surface area contributed by atoms with Gasteiger partial charge in [-0.1, -0.05) is 12.7 Å². The van der Waals surface area contributed by atoms with Crippen LogP contribution < -0.4 is 13.8 Å². The number of nitrogens with zero attached hydrogens (tertiary/aromatic N) is 1. The zero-order valence-corrected chi connectivity index (χ0v) is 16.6. The first kappa shape index (κ1) is 21.3. The van der Waals surface area contributed by atoms with Crippen LogP contribution in [-0.4, -0.2) is 41.3 Å². The largest absolute Gasteiger partial charge is 0.494 e. The number of hydrogen-bond donors (Lipinski definition) is 0. The van der Waals surface area contributed by atoms with Crippen molar-refractivity contribution in [1.82, 2.24) is 0 Å². The lowest BCUT2D eigenvalue weighted by Crippen LogP contribution is -2.36. The number of anilines is 1. The van der Waals surface area contributed by atoms with Gasteiger partial charge in [0.15, 0.2) is 0 Å². The molecule has 0 saturated carbocycles. The summed E-state index contributed by atoms with van der Waals surface area (Å²) in [7, 11) is -2.80. The van der Waals surface area contributed by atoms with Crippen molar-refractivity contribution in [3.05, 3.63) is 61.2 Å². The van der Waals surface area contributed by atoms with E-state index >= 15 is 0 Å². The normalized spacial score (nSPS) is 10.8. The number of hydrogen-bond acceptors (Lipinski definition) is 6. The van der Waals surface area contributed by atoms with Gasteiger partial charge in [-0.3, -0.25) is 9.10 Å². The fraction of sp³-hybridized carbons (Fsp3) is 0.250. The van der Waals surface area contributed by atoms with E-state index in [0.29, 0.717) is 30.4 Å². The van der Waals surface area contributed by atoms with E-state index in [4.69, 9.17) is 9.47 Å². The molecular weight excluding hydrogens is 382 g/mol. The van der Waals surface area contributed by atoms with Gasteiger partial charge in [0.05, 0.1) is 24.3 Å². The minimum atomic E-state index is -4.00. The maximum absolute atomic E-state index is 13.1. The van der Waals surface area contributed by atoms with Crippen molar-refractivity contribution in [3.8, 4) is 11.5 Å². The zero-order chi connectivity index (χ0) is 20.6. The molecule has 0 aliphatic rings. The third-order valence-corrected chi connectivity index (χ3v) is 5.50. The highest BCUT2D eigenvalue weighted by Gasteiger charge is 2.27. The topological polar surface area (TPSA) is 82.1 Å². The standard InChI is InChI=1S/C20H23NO6S/c1-4-14-27-18-8-6-16(7-9-18)21(15-20(22)25-3)28(23,24)19-12-10-17(11-13-19)26-5-2/h4,6-13H,1,5,14-15H2,2-3H3. The van der Waals surface area contributed by atoms with Crippen molar-refractivity contribution in [2.75, 3.05) is 31.2 Å². The molecule has 0 aliphatic heterocycles. The molecule has 0 radical (unpaired) electrons. The molecule has 2 rings (SSSR count). The van der Waals surface area contributed by atoms with Crippen LogP contribution in [0, 0.1) is 0 Å². The van der Waals surface area contributed by atoms with Crippen LogP contribution in [0.15, 0.2) is 66.1 Å². The monoisotopic (exact) mass is 405 g/mol. The van der Waals surface area contributed by atoms with Gasteiger partial charge in [0, 0.05) is 0 Å². The van der Waals surface area contributed by atoms with E-state index in [9.17, 15) is 13.2 Å². The van der Waals surface area contributed by atoms with Crippen molar-refractivity contribution in [2.45, 2.75) is 11.8 Å². The van der Waals surface area contributed by atoms with E-state index in [-0.39, 0.29) is 4.90 Å². The predicted molar refractivity (Wildman–Crippen MR) is 106 cm³/mol. The molecule has 0 atom stereocenters. The van der Waals surface area contributed by atoms with Gasteiger partial charge >= 0.3 is 5.97 Å². The highest BCUT2D eigenvalue weighted by molar-refractivity contribution is 7.92. The van der Waals surface area contributed by atoms with Crippen LogP contribution >= 0.6 is 0 Å². The summed E-state index contributed by atoms with van der Waals surface area (Å²) in [5.74, 6) is 0.436. The molecule has 0 bridgehead atoms. The number of rotatable bonds is 10. The van der Waals surface area contributed by atoms with Gasteiger partial charge < -0.3 is 14.2 Å². The van der Waals surface area contributed by atoms with Crippen LogP contribution in [-0.2, 0) is 19.6 Å². The Hall–Kier alpha value is -3.00. The van der Waals surface area contributed by atoms with E-state index in [1.54, 1.807) is 42.5 Å². The molecule has 2 aromatic rings. The minimum absolute atomic E-state index is 0.0341. The zero-order valence-electron chi connectivity index (χ0n) is 15.8. The summed E-state index contributed by atoms with van der Waals surface area (Å²) in [4.78, 5) is 11.9. The number of carbonyl (C=O) groups is 1. The summed E-state index contributed by atoms with van der Waals surface area (Å²) < 4.78 is 42.7. The summed E-state index contributed by atoms with van der Waals surface area (Å²) in [6.45, 7) is 5.76. The molecule has 0 aromatic heterocycles. The Morgan fingerprint density at radius 2 is 1.61 bits per heavy atom. The Morgan fingerprint density at radius 1 is 1.04 bits per heavy atom. The number of esters is 1. The Balaban J connectivity index is 2.38. The van der Waals surface area contributed by atoms with Crippen molar-refractivity contribution in [3.63, 3.8) is 0 Å². The van der Waals surface area contributed by atoms with E-state index in [2.05, 4.69) is 11.3 Å². The molecule has 0 N–H and O–H groups in total. The van der Waals surface area contributed by atoms with Gasteiger partial charge in [0.25, 0.3) is 10.0 Å². The number of sulfonamides is 1. The average Bonchev–Trinajstić information content (AvgIpc) is 2.71. The first-order chi connectivity index (χ1) is 13.4. The van der Waals surface area contributed by atoms with E-state index in [1.165, 1.54) is 19.2 Å². The lowest BCUT2D eigenvalue weighted by molar-refractivity contribution is -0.138. The molecule has 0 spiro atoms. The minimum Gasteiger partial charge on any atom is -0.494 e. The summed E-state index contributed by atoms with van der Waals surface area (Å²) in [5, 5.41) is 0. The Bertz CT molecular complexity index is 891. The van der Waals surface area contributed by atoms with E-state index in [0.717, 1.165) is 4.31 Å². The molecular formula is C20H23NO6S. The Kier molecular flexibility index (Phi) is 7.45. The number of ether oxygens (including phenoxy) is 3. The third kappa shape index (κ3) is 5.26. The van der Waals surface area contributed by atoms with Crippen molar-refractivity contribution in [2.24, 2.45) is 0 Å². The van der Waals surface area contributed by atoms with Gasteiger partial charge in [-0.05, 0) is 55.5 Å². The molecule has 7 nitrogen and oxygen atoms in total. The predicted octanol–water partition coefficient (Wildman–Crippen LogP) is 3.02. The van der Waals surface area contributed by atoms with Gasteiger partial charge in [0.2, 0.25) is 0 Å². The van der Waals surface area contributed by atoms with Crippen LogP contribution in [0.5, 0.6) is 11.5 Å². The van der Waals surface area contributed by atoms with Crippen LogP contribution in [0.25, 0.3) is 0 Å². The quantitative estimate of drug-likeness (QED) is 0.446. The van der Waals surface area contributed by atoms with Crippen molar-refractivity contribution in [1.29, 1.82) is 0 Å². The lowest BCUT2D eigenvalue weighted by Gasteiger charge is -2.23. The molecule has 8 heteroatoms. The first-order valence-corrected chi connectivity index (χ1v) is 10.0. The SMILES string of the molecule is C=CCOc1ccc(N(CC(=O)OC)S(=O)(=O)c2ccc(OCC)cc2)cc1. The molecule has 0 unspecified atom stereocenters. The van der Waals surface area contributed by atoms with E-state index < -0.39 is 22.5 Å². The molecule has 150 valence electrons. The van der Waals surface area contributed by atoms with Crippen molar-refractivity contribution < 1.29 is 27.4 Å². The molecule has 28 heavy (non-hydrogen) atoms. The summed E-state index contributed by atoms with van der Waals surface area (Å²) in [6.07, 6.45) is 1.61. The van der Waals surface area contributed by atoms with Gasteiger partial charge in [-0.15, -0.1) is 0 Å². The lowest BCUT2D eigenvalue weighted by atomic mass is 10.3. The number of carbonyl (C=O) groups excluding carboxylic acids is 1. The average molecular weight is 405 g/mol. The second kappa shape index (κ2) is 9.80. The summed E-state index contributed by atoms with van der Waals surface area (Å²) >= 11 is 0. The smallest absolute Gasteiger partial charge is 0.326 e. The molecule has 0 saturated heterocycles. The molecule has 2 aromatic carbocycles. The first-order valence-electron chi connectivity index (χ1n) is 8.58. The Labute approximate surface area is 165 Å². The molecule has 0 heterocycles. The van der Waals surface area contributed by atoms with Gasteiger partial charge in [0.1, 0.15) is 24.7 Å². The van der Waals surface area contributed by atoms with Gasteiger partial charge in [-0.25, -0.2) is 8.42 Å². The van der Waals surface area contributed by atoms with E-state index in [1.807, 2.05) is 6.92 Å². The molecule has 0 fully saturated rings. The molecule has 0 aliphatic carbocycles. The number of methoxy groups -OCH3 is 1.